The third kappa shape index (κ3) is 7.78. The molecule has 2 aromatic rings. The maximum absolute atomic E-state index is 13.5. The van der Waals surface area contributed by atoms with Gasteiger partial charge in [-0.15, -0.1) is 0 Å². The van der Waals surface area contributed by atoms with Crippen LogP contribution in [0.3, 0.4) is 0 Å². The highest BCUT2D eigenvalue weighted by Crippen LogP contribution is 2.22. The summed E-state index contributed by atoms with van der Waals surface area (Å²) in [6, 6.07) is 7.87. The average molecular weight is 400 g/mol. The largest absolute Gasteiger partial charge is 0.394 e. The lowest BCUT2D eigenvalue weighted by molar-refractivity contribution is -0.128. The summed E-state index contributed by atoms with van der Waals surface area (Å²) in [5.74, 6) is -0.427. The van der Waals surface area contributed by atoms with Crippen LogP contribution in [0.25, 0.3) is 11.3 Å². The Morgan fingerprint density at radius 3 is 2.55 bits per heavy atom. The van der Waals surface area contributed by atoms with Gasteiger partial charge in [-0.05, 0) is 50.2 Å². The number of halogens is 1. The van der Waals surface area contributed by atoms with E-state index in [-0.39, 0.29) is 11.5 Å². The third-order valence-electron chi connectivity index (χ3n) is 4.34. The summed E-state index contributed by atoms with van der Waals surface area (Å²) >= 11 is 0. The van der Waals surface area contributed by atoms with E-state index >= 15 is 0 Å². The molecule has 6 nitrogen and oxygen atoms in total. The van der Waals surface area contributed by atoms with Crippen LogP contribution in [0.15, 0.2) is 36.0 Å². The van der Waals surface area contributed by atoms with Crippen molar-refractivity contribution < 1.29 is 9.18 Å². The van der Waals surface area contributed by atoms with Crippen LogP contribution in [0.5, 0.6) is 0 Å². The van der Waals surface area contributed by atoms with Gasteiger partial charge in [0.1, 0.15) is 5.82 Å². The molecule has 1 aromatic carbocycles. The maximum atomic E-state index is 13.5. The first-order chi connectivity index (χ1) is 13.7. The lowest BCUT2D eigenvalue weighted by Crippen LogP contribution is -2.22. The number of nitrogens with zero attached hydrogens (tertiary/aromatic N) is 4. The smallest absolute Gasteiger partial charge is 0.222 e. The SMILES string of the molecule is CCC(C)=CNC.CN(C)C(=O)CCc1cc(-c2cc(F)cc(C#N)c2)nn1C. The number of hydrogen-bond donors (Lipinski definition) is 1. The number of allylic oxidation sites excluding steroid dienone is 1. The lowest BCUT2D eigenvalue weighted by Gasteiger charge is -2.09. The molecule has 0 aliphatic rings. The van der Waals surface area contributed by atoms with Crippen molar-refractivity contribution in [2.75, 3.05) is 21.1 Å². The Hall–Kier alpha value is -3.14. The van der Waals surface area contributed by atoms with Crippen LogP contribution < -0.4 is 5.32 Å². The fourth-order valence-corrected chi connectivity index (χ4v) is 2.49. The van der Waals surface area contributed by atoms with Crippen molar-refractivity contribution in [2.24, 2.45) is 7.05 Å². The van der Waals surface area contributed by atoms with Crippen LogP contribution in [0, 0.1) is 17.1 Å². The molecule has 0 aliphatic heterocycles. The summed E-state index contributed by atoms with van der Waals surface area (Å²) in [6.45, 7) is 4.25. The van der Waals surface area contributed by atoms with E-state index in [9.17, 15) is 9.18 Å². The van der Waals surface area contributed by atoms with Gasteiger partial charge in [-0.2, -0.15) is 10.4 Å². The number of aryl methyl sites for hydroxylation is 2. The van der Waals surface area contributed by atoms with Crippen LogP contribution in [0.4, 0.5) is 4.39 Å². The van der Waals surface area contributed by atoms with E-state index in [0.29, 0.717) is 24.1 Å². The molecular weight excluding hydrogens is 369 g/mol. The zero-order valence-electron chi connectivity index (χ0n) is 18.1. The average Bonchev–Trinajstić information content (AvgIpc) is 3.06. The molecule has 1 N–H and O–H groups in total. The Balaban J connectivity index is 0.000000516. The second-order valence-corrected chi connectivity index (χ2v) is 6.91. The van der Waals surface area contributed by atoms with Gasteiger partial charge >= 0.3 is 0 Å². The molecule has 0 fully saturated rings. The van der Waals surface area contributed by atoms with Crippen LogP contribution >= 0.6 is 0 Å². The van der Waals surface area contributed by atoms with Crippen molar-refractivity contribution in [3.05, 3.63) is 53.1 Å². The summed E-state index contributed by atoms with van der Waals surface area (Å²) in [7, 11) is 7.13. The van der Waals surface area contributed by atoms with Crippen LogP contribution in [-0.4, -0.2) is 41.7 Å². The number of aromatic nitrogens is 2. The molecule has 0 spiro atoms. The van der Waals surface area contributed by atoms with Crippen molar-refractivity contribution in [3.8, 4) is 17.3 Å². The molecule has 7 heteroatoms. The van der Waals surface area contributed by atoms with Gasteiger partial charge in [0, 0.05) is 45.9 Å². The first-order valence-corrected chi connectivity index (χ1v) is 9.48. The number of benzene rings is 1. The molecule has 29 heavy (non-hydrogen) atoms. The first-order valence-electron chi connectivity index (χ1n) is 9.48. The van der Waals surface area contributed by atoms with Crippen molar-refractivity contribution in [3.63, 3.8) is 0 Å². The second-order valence-electron chi connectivity index (χ2n) is 6.91. The topological polar surface area (TPSA) is 74.0 Å². The number of nitriles is 1. The van der Waals surface area contributed by atoms with E-state index in [4.69, 9.17) is 5.26 Å². The molecule has 156 valence electrons. The van der Waals surface area contributed by atoms with E-state index in [2.05, 4.69) is 24.3 Å². The minimum atomic E-state index is -0.468. The summed E-state index contributed by atoms with van der Waals surface area (Å²) in [5.41, 5.74) is 3.67. The fourth-order valence-electron chi connectivity index (χ4n) is 2.49. The zero-order chi connectivity index (χ0) is 22.0. The Morgan fingerprint density at radius 1 is 1.34 bits per heavy atom. The normalized spacial score (nSPS) is 10.6. The number of carbonyl (C=O) groups excluding carboxylic acids is 1. The van der Waals surface area contributed by atoms with Gasteiger partial charge in [-0.1, -0.05) is 12.5 Å². The molecule has 1 aromatic heterocycles. The predicted molar refractivity (Wildman–Crippen MR) is 113 cm³/mol. The first kappa shape index (κ1) is 23.9. The highest BCUT2D eigenvalue weighted by Gasteiger charge is 2.12. The fraction of sp³-hybridized carbons (Fsp3) is 0.409. The number of carbonyl (C=O) groups is 1. The number of hydrogen-bond acceptors (Lipinski definition) is 4. The predicted octanol–water partition coefficient (Wildman–Crippen LogP) is 3.64. The summed E-state index contributed by atoms with van der Waals surface area (Å²) in [5, 5.41) is 16.2. The zero-order valence-corrected chi connectivity index (χ0v) is 18.1. The molecular formula is C22H30FN5O. The van der Waals surface area contributed by atoms with E-state index in [0.717, 1.165) is 12.1 Å². The molecule has 2 rings (SSSR count). The van der Waals surface area contributed by atoms with Crippen molar-refractivity contribution in [1.82, 2.24) is 20.0 Å². The van der Waals surface area contributed by atoms with Gasteiger partial charge in [0.15, 0.2) is 0 Å². The number of nitrogens with one attached hydrogen (secondary N) is 1. The van der Waals surface area contributed by atoms with E-state index in [1.54, 1.807) is 36.8 Å². The Bertz CT molecular complexity index is 893. The summed E-state index contributed by atoms with van der Waals surface area (Å²) in [6.07, 6.45) is 4.10. The Morgan fingerprint density at radius 2 is 2.03 bits per heavy atom. The highest BCUT2D eigenvalue weighted by molar-refractivity contribution is 5.75. The quantitative estimate of drug-likeness (QED) is 0.805. The van der Waals surface area contributed by atoms with E-state index in [1.165, 1.54) is 17.7 Å². The number of rotatable bonds is 6. The third-order valence-corrected chi connectivity index (χ3v) is 4.34. The standard InChI is InChI=1S/C16H17FN4O.C6H13N/c1-20(2)16(22)5-4-14-9-15(19-21(14)3)12-6-11(10-18)7-13(17)8-12;1-4-6(2)5-7-3/h6-9H,4-5H2,1-3H3;5,7H,4H2,1-3H3. The summed E-state index contributed by atoms with van der Waals surface area (Å²) < 4.78 is 15.2. The Labute approximate surface area is 172 Å². The molecule has 0 bridgehead atoms. The minimum absolute atomic E-state index is 0.0419. The van der Waals surface area contributed by atoms with Gasteiger partial charge in [-0.25, -0.2) is 4.39 Å². The maximum Gasteiger partial charge on any atom is 0.222 e. The van der Waals surface area contributed by atoms with Crippen molar-refractivity contribution in [2.45, 2.75) is 33.1 Å². The van der Waals surface area contributed by atoms with Gasteiger partial charge in [0.25, 0.3) is 0 Å². The van der Waals surface area contributed by atoms with Crippen LogP contribution in [-0.2, 0) is 18.3 Å². The molecule has 0 saturated carbocycles. The molecule has 1 amide bonds. The molecule has 0 radical (unpaired) electrons. The number of amides is 1. The van der Waals surface area contributed by atoms with Crippen LogP contribution in [0.2, 0.25) is 0 Å². The molecule has 0 saturated heterocycles. The monoisotopic (exact) mass is 399 g/mol. The second kappa shape index (κ2) is 11.6. The Kier molecular flexibility index (Phi) is 9.60. The molecule has 0 atom stereocenters. The van der Waals surface area contributed by atoms with Gasteiger partial charge < -0.3 is 10.2 Å². The van der Waals surface area contributed by atoms with Gasteiger partial charge in [0.2, 0.25) is 5.91 Å². The van der Waals surface area contributed by atoms with Crippen molar-refractivity contribution in [1.29, 1.82) is 5.26 Å². The van der Waals surface area contributed by atoms with E-state index in [1.807, 2.05) is 25.4 Å². The molecule has 0 unspecified atom stereocenters. The van der Waals surface area contributed by atoms with Crippen LogP contribution in [0.1, 0.15) is 37.9 Å². The van der Waals surface area contributed by atoms with Crippen molar-refractivity contribution >= 4 is 5.91 Å². The summed E-state index contributed by atoms with van der Waals surface area (Å²) in [4.78, 5) is 13.2. The lowest BCUT2D eigenvalue weighted by atomic mass is 10.1. The van der Waals surface area contributed by atoms with E-state index < -0.39 is 5.82 Å². The van der Waals surface area contributed by atoms with Gasteiger partial charge in [-0.3, -0.25) is 9.48 Å². The highest BCUT2D eigenvalue weighted by atomic mass is 19.1. The molecule has 1 heterocycles. The minimum Gasteiger partial charge on any atom is -0.394 e. The molecule has 0 aliphatic carbocycles. The van der Waals surface area contributed by atoms with Gasteiger partial charge in [0.05, 0.1) is 17.3 Å².